The molecule has 1 heterocycles. The van der Waals surface area contributed by atoms with Crippen LogP contribution in [0, 0.1) is 0 Å². The van der Waals surface area contributed by atoms with Crippen molar-refractivity contribution < 1.29 is 39.8 Å². The first-order valence-corrected chi connectivity index (χ1v) is 32.5. The monoisotopic (exact) mass is 1070 g/mol. The third-order valence-corrected chi connectivity index (χ3v) is 15.3. The van der Waals surface area contributed by atoms with Crippen molar-refractivity contribution in [2.75, 3.05) is 13.2 Å². The molecule has 7 atom stereocenters. The highest BCUT2D eigenvalue weighted by Crippen LogP contribution is 2.23. The van der Waals surface area contributed by atoms with Crippen LogP contribution in [0.4, 0.5) is 0 Å². The van der Waals surface area contributed by atoms with Crippen LogP contribution in [0.2, 0.25) is 0 Å². The van der Waals surface area contributed by atoms with Crippen LogP contribution >= 0.6 is 0 Å². The lowest BCUT2D eigenvalue weighted by Gasteiger charge is -2.40. The third kappa shape index (κ3) is 44.7. The molecule has 0 radical (unpaired) electrons. The van der Waals surface area contributed by atoms with Gasteiger partial charge in [0.2, 0.25) is 5.91 Å². The van der Waals surface area contributed by atoms with Crippen LogP contribution in [0.3, 0.4) is 0 Å². The van der Waals surface area contributed by atoms with E-state index in [-0.39, 0.29) is 12.5 Å². The van der Waals surface area contributed by atoms with Gasteiger partial charge in [-0.2, -0.15) is 0 Å². The summed E-state index contributed by atoms with van der Waals surface area (Å²) in [7, 11) is 0. The fraction of sp³-hybridized carbons (Fsp3) is 0.836. The second-order valence-electron chi connectivity index (χ2n) is 22.5. The lowest BCUT2D eigenvalue weighted by Crippen LogP contribution is -2.60. The van der Waals surface area contributed by atoms with Crippen LogP contribution in [-0.4, -0.2) is 87.5 Å². The molecular formula is C67H123NO8. The van der Waals surface area contributed by atoms with Crippen molar-refractivity contribution in [3.05, 3.63) is 60.8 Å². The number of aliphatic hydroxyl groups excluding tert-OH is 5. The normalized spacial score (nSPS) is 19.2. The molecule has 7 unspecified atom stereocenters. The van der Waals surface area contributed by atoms with E-state index in [1.807, 2.05) is 6.08 Å². The van der Waals surface area contributed by atoms with Crippen molar-refractivity contribution in [3.8, 4) is 0 Å². The van der Waals surface area contributed by atoms with Gasteiger partial charge in [0.05, 0.1) is 25.4 Å². The summed E-state index contributed by atoms with van der Waals surface area (Å²) >= 11 is 0. The molecule has 9 heteroatoms. The van der Waals surface area contributed by atoms with E-state index in [1.54, 1.807) is 6.08 Å². The zero-order valence-corrected chi connectivity index (χ0v) is 49.5. The molecule has 6 N–H and O–H groups in total. The van der Waals surface area contributed by atoms with Crippen LogP contribution in [0.1, 0.15) is 303 Å². The molecular weight excluding hydrogens is 947 g/mol. The van der Waals surface area contributed by atoms with Crippen molar-refractivity contribution in [1.82, 2.24) is 5.32 Å². The van der Waals surface area contributed by atoms with Gasteiger partial charge in [0.25, 0.3) is 0 Å². The average Bonchev–Trinajstić information content (AvgIpc) is 3.42. The maximum absolute atomic E-state index is 13.1. The Morgan fingerprint density at radius 3 is 1.21 bits per heavy atom. The molecule has 0 aromatic carbocycles. The first-order chi connectivity index (χ1) is 37.3. The van der Waals surface area contributed by atoms with Gasteiger partial charge < -0.3 is 40.3 Å². The SMILES string of the molecule is CC/C=C\C/C=C\C/C=C\C/C=C\CCCCCCCCCCCCCCCCCCC(=O)NC(COC1OC(CO)C(O)C(O)C1O)C(O)/C=C/CCCCCCCCCCCCCCCCCCCCCCCC. The molecule has 1 fully saturated rings. The Hall–Kier alpha value is -2.11. The fourth-order valence-electron chi connectivity index (χ4n) is 10.3. The molecule has 0 aliphatic carbocycles. The summed E-state index contributed by atoms with van der Waals surface area (Å²) in [5, 5.41) is 54.7. The fourth-order valence-corrected chi connectivity index (χ4v) is 10.3. The van der Waals surface area contributed by atoms with Gasteiger partial charge in [0, 0.05) is 6.42 Å². The third-order valence-electron chi connectivity index (χ3n) is 15.3. The summed E-state index contributed by atoms with van der Waals surface area (Å²) in [6.45, 7) is 3.70. The van der Waals surface area contributed by atoms with Gasteiger partial charge in [-0.1, -0.05) is 299 Å². The molecule has 0 saturated carbocycles. The lowest BCUT2D eigenvalue weighted by atomic mass is 9.99. The maximum Gasteiger partial charge on any atom is 0.220 e. The molecule has 0 spiro atoms. The number of amides is 1. The minimum atomic E-state index is -1.57. The van der Waals surface area contributed by atoms with Gasteiger partial charge in [-0.05, 0) is 57.8 Å². The molecule has 444 valence electrons. The molecule has 1 rings (SSSR count). The number of rotatable bonds is 56. The summed E-state index contributed by atoms with van der Waals surface area (Å²) in [4.78, 5) is 13.1. The van der Waals surface area contributed by atoms with Crippen molar-refractivity contribution in [2.45, 2.75) is 346 Å². The molecule has 1 aliphatic rings. The van der Waals surface area contributed by atoms with Crippen LogP contribution < -0.4 is 5.32 Å². The predicted octanol–water partition coefficient (Wildman–Crippen LogP) is 17.0. The number of hydrogen-bond donors (Lipinski definition) is 6. The number of ether oxygens (including phenoxy) is 2. The van der Waals surface area contributed by atoms with Crippen molar-refractivity contribution in [2.24, 2.45) is 0 Å². The molecule has 1 saturated heterocycles. The van der Waals surface area contributed by atoms with Crippen LogP contribution in [0.15, 0.2) is 60.8 Å². The number of nitrogens with one attached hydrogen (secondary N) is 1. The van der Waals surface area contributed by atoms with Crippen LogP contribution in [0.25, 0.3) is 0 Å². The number of unbranched alkanes of at least 4 members (excludes halogenated alkanes) is 38. The first kappa shape index (κ1) is 71.9. The average molecular weight is 1070 g/mol. The zero-order valence-electron chi connectivity index (χ0n) is 49.5. The van der Waals surface area contributed by atoms with Crippen molar-refractivity contribution in [1.29, 1.82) is 0 Å². The Bertz CT molecular complexity index is 1380. The van der Waals surface area contributed by atoms with Gasteiger partial charge in [-0.3, -0.25) is 4.79 Å². The van der Waals surface area contributed by atoms with E-state index in [4.69, 9.17) is 9.47 Å². The molecule has 0 bridgehead atoms. The van der Waals surface area contributed by atoms with E-state index < -0.39 is 49.5 Å². The standard InChI is InChI=1S/C67H123NO8/c1-3-5-7-9-11-13-15-17-19-21-23-25-27-29-30-31-32-33-35-37-39-41-43-45-47-49-51-53-55-57-63(71)68-60(59-75-67-66(74)65(73)64(72)62(58-69)76-67)61(70)56-54-52-50-48-46-44-42-40-38-36-34-28-26-24-22-20-18-16-14-12-10-8-6-4-2/h5,7,11,13,17,19,23,25,54,56,60-62,64-67,69-70,72-74H,3-4,6,8-10,12,14-16,18,20-22,24,26-53,55,57-59H2,1-2H3,(H,68,71)/b7-5-,13-11-,19-17-,25-23-,56-54+. The van der Waals surface area contributed by atoms with E-state index in [9.17, 15) is 30.3 Å². The Morgan fingerprint density at radius 2 is 0.816 bits per heavy atom. The predicted molar refractivity (Wildman–Crippen MR) is 322 cm³/mol. The zero-order chi connectivity index (χ0) is 55.0. The molecule has 1 aliphatic heterocycles. The smallest absolute Gasteiger partial charge is 0.220 e. The van der Waals surface area contributed by atoms with Crippen LogP contribution in [-0.2, 0) is 14.3 Å². The molecule has 9 nitrogen and oxygen atoms in total. The highest BCUT2D eigenvalue weighted by Gasteiger charge is 2.44. The lowest BCUT2D eigenvalue weighted by molar-refractivity contribution is -0.302. The van der Waals surface area contributed by atoms with Gasteiger partial charge in [-0.15, -0.1) is 0 Å². The second-order valence-corrected chi connectivity index (χ2v) is 22.5. The minimum Gasteiger partial charge on any atom is -0.394 e. The van der Waals surface area contributed by atoms with Crippen molar-refractivity contribution in [3.63, 3.8) is 0 Å². The summed E-state index contributed by atoms with van der Waals surface area (Å²) in [6.07, 6.45) is 70.2. The van der Waals surface area contributed by atoms with E-state index >= 15 is 0 Å². The van der Waals surface area contributed by atoms with E-state index in [1.165, 1.54) is 218 Å². The number of aliphatic hydroxyl groups is 5. The summed E-state index contributed by atoms with van der Waals surface area (Å²) in [6, 6.07) is -0.807. The Kier molecular flexibility index (Phi) is 53.1. The molecule has 76 heavy (non-hydrogen) atoms. The number of carbonyl (C=O) groups excluding carboxylic acids is 1. The molecule has 0 aromatic heterocycles. The van der Waals surface area contributed by atoms with E-state index in [2.05, 4.69) is 67.8 Å². The summed E-state index contributed by atoms with van der Waals surface area (Å²) in [5.41, 5.74) is 0. The van der Waals surface area contributed by atoms with E-state index in [0.717, 1.165) is 64.2 Å². The Balaban J connectivity index is 2.16. The van der Waals surface area contributed by atoms with Gasteiger partial charge in [0.15, 0.2) is 6.29 Å². The van der Waals surface area contributed by atoms with Crippen LogP contribution in [0.5, 0.6) is 0 Å². The number of hydrogen-bond acceptors (Lipinski definition) is 8. The number of carbonyl (C=O) groups is 1. The summed E-state index contributed by atoms with van der Waals surface area (Å²) < 4.78 is 11.3. The molecule has 0 aromatic rings. The highest BCUT2D eigenvalue weighted by molar-refractivity contribution is 5.76. The van der Waals surface area contributed by atoms with Gasteiger partial charge in [0.1, 0.15) is 24.4 Å². The summed E-state index contributed by atoms with van der Waals surface area (Å²) in [5.74, 6) is -0.174. The van der Waals surface area contributed by atoms with Gasteiger partial charge in [-0.25, -0.2) is 0 Å². The minimum absolute atomic E-state index is 0.174. The maximum atomic E-state index is 13.1. The molecule has 1 amide bonds. The van der Waals surface area contributed by atoms with Gasteiger partial charge >= 0.3 is 0 Å². The Labute approximate surface area is 468 Å². The second kappa shape index (κ2) is 56.2. The first-order valence-electron chi connectivity index (χ1n) is 32.5. The van der Waals surface area contributed by atoms with Crippen molar-refractivity contribution >= 4 is 5.91 Å². The topological polar surface area (TPSA) is 149 Å². The highest BCUT2D eigenvalue weighted by atomic mass is 16.7. The number of allylic oxidation sites excluding steroid dienone is 9. The van der Waals surface area contributed by atoms with E-state index in [0.29, 0.717) is 6.42 Å². The quantitative estimate of drug-likeness (QED) is 0.0261. The Morgan fingerprint density at radius 1 is 0.461 bits per heavy atom. The largest absolute Gasteiger partial charge is 0.394 e.